The fourth-order valence-electron chi connectivity index (χ4n) is 0.587. The fourth-order valence-corrected chi connectivity index (χ4v) is 0.855. The first-order valence-electron chi connectivity index (χ1n) is 4.89. The topological polar surface area (TPSA) is 55.8 Å². The summed E-state index contributed by atoms with van der Waals surface area (Å²) < 4.78 is 9.98. The average Bonchev–Trinajstić information content (AvgIpc) is 2.17. The number of thioether (sulfide) groups is 2. The van der Waals surface area contributed by atoms with Gasteiger partial charge in [0.15, 0.2) is 0 Å². The van der Waals surface area contributed by atoms with Gasteiger partial charge in [0, 0.05) is 6.92 Å². The van der Waals surface area contributed by atoms with Crippen LogP contribution in [0.2, 0.25) is 0 Å². The Hall–Kier alpha value is 0.0900. The van der Waals surface area contributed by atoms with Crippen LogP contribution in [0.4, 0.5) is 0 Å². The summed E-state index contributed by atoms with van der Waals surface area (Å²) in [5.74, 6) is -0.314. The number of hydrogen-bond donors (Lipinski definition) is 1. The van der Waals surface area contributed by atoms with Crippen molar-refractivity contribution in [3.05, 3.63) is 0 Å². The van der Waals surface area contributed by atoms with E-state index in [0.717, 1.165) is 0 Å². The minimum absolute atomic E-state index is 0.0596. The number of aliphatic hydroxyl groups excluding tert-OH is 1. The van der Waals surface area contributed by atoms with Gasteiger partial charge in [-0.05, 0) is 33.3 Å². The summed E-state index contributed by atoms with van der Waals surface area (Å²) in [7, 11) is 0. The Labute approximate surface area is 106 Å². The predicted octanol–water partition coefficient (Wildman–Crippen LogP) is 2.31. The molecule has 98 valence electrons. The first-order valence-corrected chi connectivity index (χ1v) is 7.47. The van der Waals surface area contributed by atoms with Crippen molar-refractivity contribution in [3.63, 3.8) is 0 Å². The van der Waals surface area contributed by atoms with Crippen molar-refractivity contribution in [1.82, 2.24) is 0 Å². The second-order valence-electron chi connectivity index (χ2n) is 2.95. The Kier molecular flexibility index (Phi) is 13.3. The van der Waals surface area contributed by atoms with Crippen LogP contribution in [0.3, 0.4) is 0 Å². The van der Waals surface area contributed by atoms with Gasteiger partial charge in [0.25, 0.3) is 0 Å². The Morgan fingerprint density at radius 1 is 1.19 bits per heavy atom. The van der Waals surface area contributed by atoms with Gasteiger partial charge in [0.1, 0.15) is 5.44 Å². The van der Waals surface area contributed by atoms with Crippen molar-refractivity contribution < 1.29 is 19.4 Å². The molecule has 0 bridgehead atoms. The number of aliphatic hydroxyl groups is 1. The van der Waals surface area contributed by atoms with Crippen LogP contribution in [-0.4, -0.2) is 40.7 Å². The number of carbonyl (C=O) groups is 1. The lowest BCUT2D eigenvalue weighted by molar-refractivity contribution is -0.173. The smallest absolute Gasteiger partial charge is 0.304 e. The second-order valence-corrected chi connectivity index (χ2v) is 5.24. The van der Waals surface area contributed by atoms with Gasteiger partial charge in [-0.2, -0.15) is 0 Å². The van der Waals surface area contributed by atoms with Gasteiger partial charge in [-0.3, -0.25) is 4.79 Å². The number of hydrogen-bond acceptors (Lipinski definition) is 6. The summed E-state index contributed by atoms with van der Waals surface area (Å²) >= 11 is 3.00. The van der Waals surface area contributed by atoms with E-state index in [4.69, 9.17) is 14.6 Å². The van der Waals surface area contributed by atoms with E-state index in [-0.39, 0.29) is 16.8 Å². The van der Waals surface area contributed by atoms with Gasteiger partial charge in [-0.1, -0.05) is 0 Å². The molecule has 3 atom stereocenters. The maximum atomic E-state index is 10.4. The molecule has 16 heavy (non-hydrogen) atoms. The molecule has 0 aliphatic rings. The highest BCUT2D eigenvalue weighted by Crippen LogP contribution is 2.09. The van der Waals surface area contributed by atoms with Crippen molar-refractivity contribution in [2.24, 2.45) is 0 Å². The Balaban J connectivity index is 0. The normalized spacial score (nSPS) is 15.4. The molecular weight excluding hydrogens is 248 g/mol. The number of ether oxygens (including phenoxy) is 2. The van der Waals surface area contributed by atoms with E-state index in [9.17, 15) is 4.79 Å². The number of carbonyl (C=O) groups excluding carboxylic acids is 1. The van der Waals surface area contributed by atoms with Crippen LogP contribution in [0, 0.1) is 0 Å². The van der Waals surface area contributed by atoms with Crippen LogP contribution in [0.15, 0.2) is 0 Å². The van der Waals surface area contributed by atoms with E-state index in [1.165, 1.54) is 18.7 Å². The van der Waals surface area contributed by atoms with Crippen molar-refractivity contribution >= 4 is 29.5 Å². The minimum atomic E-state index is -0.449. The third-order valence-corrected chi connectivity index (χ3v) is 2.85. The summed E-state index contributed by atoms with van der Waals surface area (Å²) in [5, 5.41) is 8.32. The fraction of sp³-hybridized carbons (Fsp3) is 0.900. The summed E-state index contributed by atoms with van der Waals surface area (Å²) in [6.07, 6.45) is 3.35. The Morgan fingerprint density at radius 3 is 1.88 bits per heavy atom. The largest absolute Gasteiger partial charge is 0.436 e. The van der Waals surface area contributed by atoms with Gasteiger partial charge in [0.2, 0.25) is 6.29 Å². The van der Waals surface area contributed by atoms with E-state index in [1.54, 1.807) is 25.6 Å². The summed E-state index contributed by atoms with van der Waals surface area (Å²) in [6, 6.07) is 0. The van der Waals surface area contributed by atoms with E-state index in [1.807, 2.05) is 19.4 Å². The minimum Gasteiger partial charge on any atom is -0.436 e. The summed E-state index contributed by atoms with van der Waals surface area (Å²) in [4.78, 5) is 10.4. The molecule has 0 amide bonds. The Bertz CT molecular complexity index is 176. The van der Waals surface area contributed by atoms with Gasteiger partial charge in [0.05, 0.1) is 5.44 Å². The maximum absolute atomic E-state index is 10.4. The molecule has 0 rings (SSSR count). The first kappa shape index (κ1) is 18.5. The molecular formula is C10H22O4S2. The zero-order chi connectivity index (χ0) is 13.1. The lowest BCUT2D eigenvalue weighted by atomic mass is 10.7. The molecule has 0 saturated heterocycles. The predicted molar refractivity (Wildman–Crippen MR) is 70.5 cm³/mol. The molecule has 0 fully saturated rings. The standard InChI is InChI=1S/C7H14O3S.C3H8OS/c1-5(8)9-6(2)10-7(3)11-4;1-3(4)5-2/h6-7H,1-4H3;3-4H,1-2H3. The molecule has 0 aliphatic heterocycles. The number of esters is 1. The molecule has 0 aromatic heterocycles. The molecule has 6 heteroatoms. The first-order chi connectivity index (χ1) is 7.33. The van der Waals surface area contributed by atoms with Crippen molar-refractivity contribution in [3.8, 4) is 0 Å². The van der Waals surface area contributed by atoms with E-state index < -0.39 is 6.29 Å². The van der Waals surface area contributed by atoms with E-state index in [0.29, 0.717) is 0 Å². The highest BCUT2D eigenvalue weighted by molar-refractivity contribution is 7.99. The lowest BCUT2D eigenvalue weighted by Crippen LogP contribution is -2.19. The molecule has 0 aromatic rings. The third kappa shape index (κ3) is 16.5. The van der Waals surface area contributed by atoms with Gasteiger partial charge in [-0.25, -0.2) is 0 Å². The number of rotatable bonds is 5. The molecule has 1 N–H and O–H groups in total. The monoisotopic (exact) mass is 270 g/mol. The molecule has 0 radical (unpaired) electrons. The van der Waals surface area contributed by atoms with Crippen LogP contribution in [0.5, 0.6) is 0 Å². The second kappa shape index (κ2) is 11.6. The molecule has 0 spiro atoms. The van der Waals surface area contributed by atoms with Gasteiger partial charge >= 0.3 is 5.97 Å². The van der Waals surface area contributed by atoms with Crippen molar-refractivity contribution in [1.29, 1.82) is 0 Å². The molecule has 4 nitrogen and oxygen atoms in total. The Morgan fingerprint density at radius 2 is 1.62 bits per heavy atom. The molecule has 3 unspecified atom stereocenters. The molecule has 0 aromatic carbocycles. The molecule has 0 heterocycles. The van der Waals surface area contributed by atoms with E-state index in [2.05, 4.69) is 0 Å². The van der Waals surface area contributed by atoms with Crippen molar-refractivity contribution in [2.45, 2.75) is 44.9 Å². The van der Waals surface area contributed by atoms with Crippen LogP contribution in [0.25, 0.3) is 0 Å². The average molecular weight is 270 g/mol. The van der Waals surface area contributed by atoms with Crippen LogP contribution < -0.4 is 0 Å². The quantitative estimate of drug-likeness (QED) is 0.611. The molecule has 0 saturated carbocycles. The summed E-state index contributed by atoms with van der Waals surface area (Å²) in [5.41, 5.74) is -0.139. The summed E-state index contributed by atoms with van der Waals surface area (Å²) in [6.45, 7) is 6.72. The SMILES string of the molecule is CSC(C)O.CSC(C)OC(C)OC(C)=O. The van der Waals surface area contributed by atoms with Crippen LogP contribution in [-0.2, 0) is 14.3 Å². The van der Waals surface area contributed by atoms with Crippen molar-refractivity contribution in [2.75, 3.05) is 12.5 Å². The van der Waals surface area contributed by atoms with Gasteiger partial charge < -0.3 is 14.6 Å². The van der Waals surface area contributed by atoms with E-state index >= 15 is 0 Å². The lowest BCUT2D eigenvalue weighted by Gasteiger charge is -2.16. The van der Waals surface area contributed by atoms with Crippen LogP contribution >= 0.6 is 23.5 Å². The zero-order valence-corrected chi connectivity index (χ0v) is 12.4. The van der Waals surface area contributed by atoms with Gasteiger partial charge in [-0.15, -0.1) is 23.5 Å². The maximum Gasteiger partial charge on any atom is 0.304 e. The van der Waals surface area contributed by atoms with Crippen LogP contribution in [0.1, 0.15) is 27.7 Å². The third-order valence-electron chi connectivity index (χ3n) is 1.39. The highest BCUT2D eigenvalue weighted by atomic mass is 32.2. The highest BCUT2D eigenvalue weighted by Gasteiger charge is 2.08. The molecule has 0 aliphatic carbocycles. The zero-order valence-electron chi connectivity index (χ0n) is 10.7.